The quantitative estimate of drug-likeness (QED) is 0.775. The molecule has 0 bridgehead atoms. The molecule has 1 aromatic heterocycles. The SMILES string of the molecule is NCCCc1nc2ccccc2[nH]c1=O. The van der Waals surface area contributed by atoms with Crippen molar-refractivity contribution in [3.05, 3.63) is 40.3 Å². The van der Waals surface area contributed by atoms with Gasteiger partial charge in [-0.3, -0.25) is 4.79 Å². The molecule has 0 amide bonds. The normalized spacial score (nSPS) is 10.7. The Bertz CT molecular complexity index is 518. The average molecular weight is 203 g/mol. The predicted molar refractivity (Wildman–Crippen MR) is 59.7 cm³/mol. The standard InChI is InChI=1S/C11H13N3O/c12-7-3-6-10-11(15)14-9-5-2-1-4-8(9)13-10/h1-2,4-5H,3,6-7,12H2,(H,14,15). The molecule has 78 valence electrons. The number of rotatable bonds is 3. The molecule has 0 fully saturated rings. The van der Waals surface area contributed by atoms with Crippen LogP contribution in [0.15, 0.2) is 29.1 Å². The summed E-state index contributed by atoms with van der Waals surface area (Å²) in [6, 6.07) is 7.51. The Kier molecular flexibility index (Phi) is 2.78. The Hall–Kier alpha value is -1.68. The van der Waals surface area contributed by atoms with Crippen LogP contribution >= 0.6 is 0 Å². The highest BCUT2D eigenvalue weighted by molar-refractivity contribution is 5.73. The lowest BCUT2D eigenvalue weighted by Gasteiger charge is -2.00. The zero-order valence-electron chi connectivity index (χ0n) is 8.36. The fourth-order valence-electron chi connectivity index (χ4n) is 1.51. The van der Waals surface area contributed by atoms with Gasteiger partial charge in [0.1, 0.15) is 5.69 Å². The molecule has 15 heavy (non-hydrogen) atoms. The molecular weight excluding hydrogens is 190 g/mol. The summed E-state index contributed by atoms with van der Waals surface area (Å²) < 4.78 is 0. The lowest BCUT2D eigenvalue weighted by molar-refractivity contribution is 0.801. The van der Waals surface area contributed by atoms with E-state index >= 15 is 0 Å². The zero-order chi connectivity index (χ0) is 10.7. The number of nitrogens with two attached hydrogens (primary N) is 1. The van der Waals surface area contributed by atoms with E-state index in [2.05, 4.69) is 9.97 Å². The van der Waals surface area contributed by atoms with Crippen molar-refractivity contribution in [2.24, 2.45) is 5.73 Å². The summed E-state index contributed by atoms with van der Waals surface area (Å²) in [5.74, 6) is 0. The van der Waals surface area contributed by atoms with E-state index in [4.69, 9.17) is 5.73 Å². The first-order valence-electron chi connectivity index (χ1n) is 4.99. The lowest BCUT2D eigenvalue weighted by Crippen LogP contribution is -2.16. The molecule has 2 rings (SSSR count). The second-order valence-electron chi connectivity index (χ2n) is 3.42. The number of nitrogens with one attached hydrogen (secondary N) is 1. The van der Waals surface area contributed by atoms with Crippen LogP contribution in [0.2, 0.25) is 0 Å². The van der Waals surface area contributed by atoms with Crippen LogP contribution in [0.1, 0.15) is 12.1 Å². The van der Waals surface area contributed by atoms with Gasteiger partial charge in [0.2, 0.25) is 0 Å². The number of aromatic nitrogens is 2. The molecule has 4 nitrogen and oxygen atoms in total. The van der Waals surface area contributed by atoms with Crippen LogP contribution in [0.25, 0.3) is 11.0 Å². The van der Waals surface area contributed by atoms with Crippen LogP contribution in [-0.2, 0) is 6.42 Å². The third kappa shape index (κ3) is 2.05. The van der Waals surface area contributed by atoms with Crippen molar-refractivity contribution in [2.75, 3.05) is 6.54 Å². The first kappa shape index (κ1) is 9.86. The van der Waals surface area contributed by atoms with Crippen molar-refractivity contribution in [1.29, 1.82) is 0 Å². The minimum atomic E-state index is -0.109. The largest absolute Gasteiger partial charge is 0.330 e. The fraction of sp³-hybridized carbons (Fsp3) is 0.273. The Balaban J connectivity index is 2.48. The Morgan fingerprint density at radius 3 is 2.93 bits per heavy atom. The summed E-state index contributed by atoms with van der Waals surface area (Å²) in [7, 11) is 0. The minimum Gasteiger partial charge on any atom is -0.330 e. The van der Waals surface area contributed by atoms with Crippen molar-refractivity contribution in [3.8, 4) is 0 Å². The molecule has 0 atom stereocenters. The van der Waals surface area contributed by atoms with Gasteiger partial charge in [-0.2, -0.15) is 0 Å². The van der Waals surface area contributed by atoms with Crippen LogP contribution in [0.3, 0.4) is 0 Å². The van der Waals surface area contributed by atoms with Crippen LogP contribution < -0.4 is 11.3 Å². The molecule has 0 aliphatic carbocycles. The highest BCUT2D eigenvalue weighted by Gasteiger charge is 2.03. The molecule has 4 heteroatoms. The Labute approximate surface area is 87.1 Å². The van der Waals surface area contributed by atoms with Gasteiger partial charge in [-0.05, 0) is 31.5 Å². The van der Waals surface area contributed by atoms with Gasteiger partial charge < -0.3 is 10.7 Å². The maximum Gasteiger partial charge on any atom is 0.270 e. The van der Waals surface area contributed by atoms with Gasteiger partial charge in [0.15, 0.2) is 0 Å². The highest BCUT2D eigenvalue weighted by atomic mass is 16.1. The molecule has 1 aromatic carbocycles. The first-order chi connectivity index (χ1) is 7.31. The predicted octanol–water partition coefficient (Wildman–Crippen LogP) is 0.814. The van der Waals surface area contributed by atoms with E-state index in [-0.39, 0.29) is 5.56 Å². The van der Waals surface area contributed by atoms with E-state index in [9.17, 15) is 4.79 Å². The van der Waals surface area contributed by atoms with Crippen molar-refractivity contribution in [1.82, 2.24) is 9.97 Å². The first-order valence-corrected chi connectivity index (χ1v) is 4.99. The van der Waals surface area contributed by atoms with Gasteiger partial charge in [-0.1, -0.05) is 12.1 Å². The molecule has 2 aromatic rings. The average Bonchev–Trinajstić information content (AvgIpc) is 2.26. The molecule has 3 N–H and O–H groups in total. The van der Waals surface area contributed by atoms with Gasteiger partial charge in [-0.15, -0.1) is 0 Å². The summed E-state index contributed by atoms with van der Waals surface area (Å²) in [4.78, 5) is 18.7. The third-order valence-corrected chi connectivity index (χ3v) is 2.29. The van der Waals surface area contributed by atoms with E-state index in [0.717, 1.165) is 17.5 Å². The topological polar surface area (TPSA) is 71.8 Å². The molecule has 0 aliphatic heterocycles. The second kappa shape index (κ2) is 4.23. The van der Waals surface area contributed by atoms with E-state index < -0.39 is 0 Å². The molecule has 0 saturated carbocycles. The van der Waals surface area contributed by atoms with E-state index in [1.165, 1.54) is 0 Å². The van der Waals surface area contributed by atoms with Crippen molar-refractivity contribution >= 4 is 11.0 Å². The van der Waals surface area contributed by atoms with Gasteiger partial charge in [0, 0.05) is 0 Å². The van der Waals surface area contributed by atoms with Gasteiger partial charge >= 0.3 is 0 Å². The summed E-state index contributed by atoms with van der Waals surface area (Å²) >= 11 is 0. The van der Waals surface area contributed by atoms with Gasteiger partial charge in [0.25, 0.3) is 5.56 Å². The van der Waals surface area contributed by atoms with Crippen LogP contribution in [0, 0.1) is 0 Å². The van der Waals surface area contributed by atoms with Crippen molar-refractivity contribution < 1.29 is 0 Å². The van der Waals surface area contributed by atoms with Gasteiger partial charge in [0.05, 0.1) is 11.0 Å². The smallest absolute Gasteiger partial charge is 0.270 e. The van der Waals surface area contributed by atoms with Gasteiger partial charge in [-0.25, -0.2) is 4.98 Å². The molecule has 0 spiro atoms. The third-order valence-electron chi connectivity index (χ3n) is 2.29. The molecule has 0 aliphatic rings. The minimum absolute atomic E-state index is 0.109. The zero-order valence-corrected chi connectivity index (χ0v) is 8.36. The number of aromatic amines is 1. The molecule has 0 unspecified atom stereocenters. The number of H-pyrrole nitrogens is 1. The monoisotopic (exact) mass is 203 g/mol. The molecule has 0 radical (unpaired) electrons. The summed E-state index contributed by atoms with van der Waals surface area (Å²) in [5.41, 5.74) is 7.46. The number of hydrogen-bond donors (Lipinski definition) is 2. The molecular formula is C11H13N3O. The molecule has 0 saturated heterocycles. The van der Waals surface area contributed by atoms with Crippen molar-refractivity contribution in [2.45, 2.75) is 12.8 Å². The van der Waals surface area contributed by atoms with Crippen LogP contribution in [0.4, 0.5) is 0 Å². The van der Waals surface area contributed by atoms with Crippen LogP contribution in [0.5, 0.6) is 0 Å². The van der Waals surface area contributed by atoms with Crippen LogP contribution in [-0.4, -0.2) is 16.5 Å². The summed E-state index contributed by atoms with van der Waals surface area (Å²) in [6.07, 6.45) is 1.42. The maximum absolute atomic E-state index is 11.6. The molecule has 1 heterocycles. The Morgan fingerprint density at radius 2 is 2.13 bits per heavy atom. The summed E-state index contributed by atoms with van der Waals surface area (Å²) in [6.45, 7) is 0.577. The van der Waals surface area contributed by atoms with E-state index in [1.807, 2.05) is 24.3 Å². The van der Waals surface area contributed by atoms with E-state index in [0.29, 0.717) is 18.7 Å². The number of fused-ring (bicyclic) bond motifs is 1. The number of nitrogens with zero attached hydrogens (tertiary/aromatic N) is 1. The van der Waals surface area contributed by atoms with Crippen molar-refractivity contribution in [3.63, 3.8) is 0 Å². The lowest BCUT2D eigenvalue weighted by atomic mass is 10.2. The summed E-state index contributed by atoms with van der Waals surface area (Å²) in [5, 5.41) is 0. The van der Waals surface area contributed by atoms with E-state index in [1.54, 1.807) is 0 Å². The number of benzene rings is 1. The number of aryl methyl sites for hydroxylation is 1. The maximum atomic E-state index is 11.6. The highest BCUT2D eigenvalue weighted by Crippen LogP contribution is 2.06. The number of para-hydroxylation sites is 2. The Morgan fingerprint density at radius 1 is 1.33 bits per heavy atom. The second-order valence-corrected chi connectivity index (χ2v) is 3.42. The number of hydrogen-bond acceptors (Lipinski definition) is 3. The fourth-order valence-corrected chi connectivity index (χ4v) is 1.51.